The highest BCUT2D eigenvalue weighted by Crippen LogP contribution is 2.31. The fourth-order valence-electron chi connectivity index (χ4n) is 1.31. The van der Waals surface area contributed by atoms with Crippen LogP contribution in [0.2, 0.25) is 5.02 Å². The van der Waals surface area contributed by atoms with E-state index in [0.717, 1.165) is 5.56 Å². The molecule has 8 heteroatoms. The Bertz CT molecular complexity index is 602. The van der Waals surface area contributed by atoms with Crippen molar-refractivity contribution in [2.75, 3.05) is 11.8 Å². The summed E-state index contributed by atoms with van der Waals surface area (Å²) < 4.78 is 31.6. The number of methoxy groups -OCH3 is 1. The van der Waals surface area contributed by atoms with Crippen molar-refractivity contribution in [3.63, 3.8) is 0 Å². The van der Waals surface area contributed by atoms with Crippen molar-refractivity contribution in [3.8, 4) is 5.75 Å². The van der Waals surface area contributed by atoms with E-state index in [2.05, 4.69) is 4.72 Å². The number of anilines is 1. The first-order valence-corrected chi connectivity index (χ1v) is 7.67. The summed E-state index contributed by atoms with van der Waals surface area (Å²) in [7, 11) is -2.29. The van der Waals surface area contributed by atoms with Crippen LogP contribution in [-0.2, 0) is 10.0 Å². The average Bonchev–Trinajstić information content (AvgIpc) is 2.31. The molecule has 0 aliphatic rings. The number of hydrogen-bond acceptors (Lipinski definition) is 4. The highest BCUT2D eigenvalue weighted by molar-refractivity contribution is 7.95. The molecule has 1 unspecified atom stereocenters. The Morgan fingerprint density at radius 3 is 2.58 bits per heavy atom. The van der Waals surface area contributed by atoms with Gasteiger partial charge in [0.2, 0.25) is 10.0 Å². The third kappa shape index (κ3) is 3.71. The molecule has 1 atom stereocenters. The van der Waals surface area contributed by atoms with Gasteiger partial charge in [-0.05, 0) is 25.5 Å². The first kappa shape index (κ1) is 16.0. The van der Waals surface area contributed by atoms with Gasteiger partial charge in [-0.25, -0.2) is 8.42 Å². The molecule has 0 aromatic heterocycles. The molecule has 3 N–H and O–H groups in total. The number of nitrogens with two attached hydrogens (primary N) is 1. The van der Waals surface area contributed by atoms with Crippen molar-refractivity contribution in [2.24, 2.45) is 5.73 Å². The number of halogens is 1. The van der Waals surface area contributed by atoms with Crippen molar-refractivity contribution in [1.82, 2.24) is 0 Å². The summed E-state index contributed by atoms with van der Waals surface area (Å²) in [6.45, 7) is 3.18. The van der Waals surface area contributed by atoms with Crippen LogP contribution in [0.5, 0.6) is 5.75 Å². The third-order valence-corrected chi connectivity index (χ3v) is 5.20. The van der Waals surface area contributed by atoms with Crippen molar-refractivity contribution in [2.45, 2.75) is 19.1 Å². The van der Waals surface area contributed by atoms with Crippen LogP contribution in [0.15, 0.2) is 12.1 Å². The van der Waals surface area contributed by atoms with E-state index in [1.165, 1.54) is 14.0 Å². The second kappa shape index (κ2) is 5.94. The maximum atomic E-state index is 12.0. The molecule has 0 aliphatic carbocycles. The maximum Gasteiger partial charge on any atom is 0.242 e. The van der Waals surface area contributed by atoms with Gasteiger partial charge in [-0.3, -0.25) is 4.72 Å². The van der Waals surface area contributed by atoms with Gasteiger partial charge in [0.1, 0.15) is 11.0 Å². The van der Waals surface area contributed by atoms with E-state index in [-0.39, 0.29) is 4.99 Å². The lowest BCUT2D eigenvalue weighted by atomic mass is 10.2. The van der Waals surface area contributed by atoms with E-state index in [4.69, 9.17) is 34.3 Å². The summed E-state index contributed by atoms with van der Waals surface area (Å²) in [6, 6.07) is 3.13. The summed E-state index contributed by atoms with van der Waals surface area (Å²) in [5.41, 5.74) is 6.38. The Balaban J connectivity index is 3.19. The number of ether oxygens (including phenoxy) is 1. The minimum atomic E-state index is -3.71. The molecule has 0 bridgehead atoms. The van der Waals surface area contributed by atoms with Gasteiger partial charge in [-0.2, -0.15) is 0 Å². The van der Waals surface area contributed by atoms with E-state index in [0.29, 0.717) is 16.5 Å². The van der Waals surface area contributed by atoms with E-state index in [1.807, 2.05) is 0 Å². The molecule has 0 aliphatic heterocycles. The van der Waals surface area contributed by atoms with E-state index < -0.39 is 15.3 Å². The first-order chi connectivity index (χ1) is 8.69. The molecule has 106 valence electrons. The van der Waals surface area contributed by atoms with Crippen molar-refractivity contribution < 1.29 is 13.2 Å². The third-order valence-electron chi connectivity index (χ3n) is 2.60. The van der Waals surface area contributed by atoms with Crippen molar-refractivity contribution in [3.05, 3.63) is 22.7 Å². The van der Waals surface area contributed by atoms with E-state index in [1.54, 1.807) is 19.1 Å². The van der Waals surface area contributed by atoms with Crippen LogP contribution < -0.4 is 15.2 Å². The molecule has 0 saturated heterocycles. The zero-order valence-corrected chi connectivity index (χ0v) is 13.1. The lowest BCUT2D eigenvalue weighted by Gasteiger charge is -2.16. The van der Waals surface area contributed by atoms with Crippen molar-refractivity contribution >= 4 is 44.5 Å². The molecule has 1 aromatic carbocycles. The van der Waals surface area contributed by atoms with Gasteiger partial charge in [0.25, 0.3) is 0 Å². The second-order valence-electron chi connectivity index (χ2n) is 3.99. The molecule has 0 heterocycles. The first-order valence-electron chi connectivity index (χ1n) is 5.34. The van der Waals surface area contributed by atoms with Crippen LogP contribution >= 0.6 is 23.8 Å². The second-order valence-corrected chi connectivity index (χ2v) is 6.87. The van der Waals surface area contributed by atoms with Gasteiger partial charge in [-0.15, -0.1) is 0 Å². The van der Waals surface area contributed by atoms with Gasteiger partial charge >= 0.3 is 0 Å². The summed E-state index contributed by atoms with van der Waals surface area (Å²) >= 11 is 10.6. The van der Waals surface area contributed by atoms with Crippen LogP contribution in [0, 0.1) is 6.92 Å². The summed E-state index contributed by atoms with van der Waals surface area (Å²) in [5, 5.41) is -0.495. The number of rotatable bonds is 5. The Morgan fingerprint density at radius 1 is 1.53 bits per heavy atom. The molecule has 1 aromatic rings. The lowest BCUT2D eigenvalue weighted by Crippen LogP contribution is -2.35. The highest BCUT2D eigenvalue weighted by atomic mass is 35.5. The summed E-state index contributed by atoms with van der Waals surface area (Å²) in [6.07, 6.45) is 0. The molecule has 1 rings (SSSR count). The number of nitrogens with one attached hydrogen (secondary N) is 1. The number of benzene rings is 1. The van der Waals surface area contributed by atoms with Crippen LogP contribution in [0.25, 0.3) is 0 Å². The van der Waals surface area contributed by atoms with E-state index in [9.17, 15) is 8.42 Å². The molecule has 0 fully saturated rings. The van der Waals surface area contributed by atoms with Crippen LogP contribution in [0.4, 0.5) is 5.69 Å². The predicted octanol–water partition coefficient (Wildman–Crippen LogP) is 2.07. The lowest BCUT2D eigenvalue weighted by molar-refractivity contribution is 0.417. The highest BCUT2D eigenvalue weighted by Gasteiger charge is 2.24. The van der Waals surface area contributed by atoms with E-state index >= 15 is 0 Å². The maximum absolute atomic E-state index is 12.0. The minimum absolute atomic E-state index is 0.0999. The van der Waals surface area contributed by atoms with Crippen molar-refractivity contribution in [1.29, 1.82) is 0 Å². The fourth-order valence-corrected chi connectivity index (χ4v) is 2.79. The van der Waals surface area contributed by atoms with Gasteiger partial charge in [0.15, 0.2) is 0 Å². The standard InChI is InChI=1S/C11H15ClN2O3S2/c1-6-4-9(10(17-3)5-8(6)12)14-19(15,16)7(2)11(13)18/h4-5,7,14H,1-3H3,(H2,13,18). The Hall–Kier alpha value is -1.05. The normalized spacial score (nSPS) is 12.8. The fraction of sp³-hybridized carbons (Fsp3) is 0.364. The smallest absolute Gasteiger partial charge is 0.242 e. The van der Waals surface area contributed by atoms with Crippen LogP contribution in [-0.4, -0.2) is 25.8 Å². The minimum Gasteiger partial charge on any atom is -0.495 e. The Kier molecular flexibility index (Phi) is 5.00. The molecular formula is C11H15ClN2O3S2. The predicted molar refractivity (Wildman–Crippen MR) is 81.5 cm³/mol. The number of hydrogen-bond donors (Lipinski definition) is 2. The quantitative estimate of drug-likeness (QED) is 0.811. The molecule has 0 saturated carbocycles. The molecule has 5 nitrogen and oxygen atoms in total. The largest absolute Gasteiger partial charge is 0.495 e. The Morgan fingerprint density at radius 2 is 2.11 bits per heavy atom. The molecule has 0 radical (unpaired) electrons. The summed E-state index contributed by atoms with van der Waals surface area (Å²) in [5.74, 6) is 0.328. The zero-order chi connectivity index (χ0) is 14.8. The average molecular weight is 323 g/mol. The van der Waals surface area contributed by atoms with Gasteiger partial charge in [-0.1, -0.05) is 23.8 Å². The van der Waals surface area contributed by atoms with Gasteiger partial charge < -0.3 is 10.5 Å². The molecule has 0 spiro atoms. The number of sulfonamides is 1. The molecule has 0 amide bonds. The van der Waals surface area contributed by atoms with Gasteiger partial charge in [0, 0.05) is 11.1 Å². The molecular weight excluding hydrogens is 308 g/mol. The van der Waals surface area contributed by atoms with Gasteiger partial charge in [0.05, 0.1) is 17.8 Å². The zero-order valence-electron chi connectivity index (χ0n) is 10.7. The Labute approximate surface area is 123 Å². The van der Waals surface area contributed by atoms with Crippen LogP contribution in [0.1, 0.15) is 12.5 Å². The summed E-state index contributed by atoms with van der Waals surface area (Å²) in [4.78, 5) is -0.0999. The number of aryl methyl sites for hydroxylation is 1. The number of thiocarbonyl (C=S) groups is 1. The topological polar surface area (TPSA) is 81.4 Å². The van der Waals surface area contributed by atoms with Crippen LogP contribution in [0.3, 0.4) is 0 Å². The molecule has 19 heavy (non-hydrogen) atoms. The SMILES string of the molecule is COc1cc(Cl)c(C)cc1NS(=O)(=O)C(C)C(N)=S. The monoisotopic (exact) mass is 322 g/mol.